The fourth-order valence-corrected chi connectivity index (χ4v) is 4.35. The lowest BCUT2D eigenvalue weighted by atomic mass is 9.94. The topological polar surface area (TPSA) is 82.2 Å². The van der Waals surface area contributed by atoms with Crippen LogP contribution in [0.3, 0.4) is 0 Å². The van der Waals surface area contributed by atoms with Crippen molar-refractivity contribution in [3.8, 4) is 0 Å². The first kappa shape index (κ1) is 22.5. The summed E-state index contributed by atoms with van der Waals surface area (Å²) in [7, 11) is 0. The number of halogens is 1. The molecule has 2 heterocycles. The van der Waals surface area contributed by atoms with Crippen LogP contribution in [0.25, 0.3) is 10.9 Å². The Morgan fingerprint density at radius 1 is 1.06 bits per heavy atom. The molecule has 0 saturated carbocycles. The van der Waals surface area contributed by atoms with E-state index in [-0.39, 0.29) is 17.8 Å². The predicted octanol–water partition coefficient (Wildman–Crippen LogP) is 5.27. The highest BCUT2D eigenvalue weighted by Crippen LogP contribution is 2.25. The molecule has 1 amide bonds. The predicted molar refractivity (Wildman–Crippen MR) is 137 cm³/mol. The molecule has 5 rings (SSSR count). The number of carbonyl (C=O) groups is 1. The fourth-order valence-electron chi connectivity index (χ4n) is 4.35. The van der Waals surface area contributed by atoms with Crippen molar-refractivity contribution in [2.45, 2.75) is 32.7 Å². The van der Waals surface area contributed by atoms with E-state index in [2.05, 4.69) is 38.0 Å². The number of aliphatic imine (C=N–C) groups is 1. The van der Waals surface area contributed by atoms with Crippen molar-refractivity contribution in [1.29, 1.82) is 0 Å². The molecule has 0 radical (unpaired) electrons. The number of amidine groups is 1. The second-order valence-electron chi connectivity index (χ2n) is 8.77. The highest BCUT2D eigenvalue weighted by molar-refractivity contribution is 6.09. The first-order valence-corrected chi connectivity index (χ1v) is 11.6. The Balaban J connectivity index is 1.46. The minimum Gasteiger partial charge on any atom is -0.362 e. The molecule has 6 nitrogen and oxygen atoms in total. The van der Waals surface area contributed by atoms with Gasteiger partial charge in [-0.05, 0) is 62.1 Å². The monoisotopic (exact) mass is 467 g/mol. The molecule has 35 heavy (non-hydrogen) atoms. The highest BCUT2D eigenvalue weighted by Gasteiger charge is 2.29. The van der Waals surface area contributed by atoms with Gasteiger partial charge in [-0.3, -0.25) is 9.89 Å². The first-order chi connectivity index (χ1) is 17.0. The number of allylic oxidation sites excluding steroid dienone is 1. The van der Waals surface area contributed by atoms with E-state index in [9.17, 15) is 9.18 Å². The molecule has 0 saturated heterocycles. The fraction of sp³-hybridized carbons (Fsp3) is 0.179. The van der Waals surface area contributed by atoms with Gasteiger partial charge < -0.3 is 10.6 Å². The number of anilines is 1. The molecular weight excluding hydrogens is 441 g/mol. The van der Waals surface area contributed by atoms with Crippen LogP contribution in [-0.2, 0) is 11.2 Å². The Bertz CT molecular complexity index is 1450. The third-order valence-electron chi connectivity index (χ3n) is 6.28. The minimum atomic E-state index is -0.287. The molecule has 1 aliphatic rings. The number of benzene rings is 3. The summed E-state index contributed by atoms with van der Waals surface area (Å²) in [6.07, 6.45) is 3.18. The summed E-state index contributed by atoms with van der Waals surface area (Å²) >= 11 is 0. The van der Waals surface area contributed by atoms with Gasteiger partial charge in [-0.1, -0.05) is 42.5 Å². The highest BCUT2D eigenvalue weighted by atomic mass is 19.1. The average Bonchev–Trinajstić information content (AvgIpc) is 3.32. The summed E-state index contributed by atoms with van der Waals surface area (Å²) in [5.74, 6) is 0.0669. The number of aryl methyl sites for hydroxylation is 2. The number of H-pyrrole nitrogens is 1. The Hall–Kier alpha value is -4.26. The number of aromatic amines is 1. The van der Waals surface area contributed by atoms with Gasteiger partial charge in [0.2, 0.25) is 0 Å². The van der Waals surface area contributed by atoms with Crippen LogP contribution in [0.4, 0.5) is 10.1 Å². The number of aromatic nitrogens is 2. The van der Waals surface area contributed by atoms with Gasteiger partial charge in [0.05, 0.1) is 29.0 Å². The molecule has 1 aromatic heterocycles. The molecule has 0 fully saturated rings. The van der Waals surface area contributed by atoms with Crippen LogP contribution < -0.4 is 10.6 Å². The summed E-state index contributed by atoms with van der Waals surface area (Å²) < 4.78 is 14.3. The Labute approximate surface area is 203 Å². The lowest BCUT2D eigenvalue weighted by molar-refractivity contribution is -0.113. The molecule has 0 aliphatic carbocycles. The molecule has 7 heteroatoms. The van der Waals surface area contributed by atoms with E-state index in [0.29, 0.717) is 40.3 Å². The van der Waals surface area contributed by atoms with E-state index in [4.69, 9.17) is 0 Å². The van der Waals surface area contributed by atoms with E-state index in [1.165, 1.54) is 11.6 Å². The Morgan fingerprint density at radius 2 is 1.89 bits per heavy atom. The number of nitrogens with zero attached hydrogens (tertiary/aromatic N) is 2. The molecule has 1 aliphatic heterocycles. The third kappa shape index (κ3) is 4.84. The number of hydrogen-bond acceptors (Lipinski definition) is 4. The number of fused-ring (bicyclic) bond motifs is 1. The minimum absolute atomic E-state index is 0.214. The van der Waals surface area contributed by atoms with Gasteiger partial charge in [-0.15, -0.1) is 0 Å². The maximum Gasteiger partial charge on any atom is 0.255 e. The van der Waals surface area contributed by atoms with Crippen molar-refractivity contribution in [2.24, 2.45) is 4.99 Å². The Morgan fingerprint density at radius 3 is 2.69 bits per heavy atom. The van der Waals surface area contributed by atoms with Crippen molar-refractivity contribution in [3.63, 3.8) is 0 Å². The van der Waals surface area contributed by atoms with Gasteiger partial charge in [0.15, 0.2) is 0 Å². The van der Waals surface area contributed by atoms with E-state index in [0.717, 1.165) is 17.3 Å². The number of rotatable bonds is 6. The largest absolute Gasteiger partial charge is 0.362 e. The smallest absolute Gasteiger partial charge is 0.255 e. The SMILES string of the molecule is CC1=C(C(=O)Nc2ccc3[nH]ncc3c2)C(CCc2ccccc2)NC(c2ccc(C)c(F)c2)=N1. The van der Waals surface area contributed by atoms with Crippen LogP contribution >= 0.6 is 0 Å². The van der Waals surface area contributed by atoms with E-state index in [1.54, 1.807) is 19.2 Å². The van der Waals surface area contributed by atoms with E-state index >= 15 is 0 Å². The van der Waals surface area contributed by atoms with Crippen LogP contribution in [0, 0.1) is 12.7 Å². The van der Waals surface area contributed by atoms with E-state index in [1.807, 2.05) is 49.4 Å². The Kier molecular flexibility index (Phi) is 6.14. The van der Waals surface area contributed by atoms with Crippen molar-refractivity contribution in [3.05, 3.63) is 107 Å². The van der Waals surface area contributed by atoms with Gasteiger partial charge >= 0.3 is 0 Å². The van der Waals surface area contributed by atoms with Crippen molar-refractivity contribution >= 4 is 28.3 Å². The lowest BCUT2D eigenvalue weighted by Gasteiger charge is -2.28. The summed E-state index contributed by atoms with van der Waals surface area (Å²) in [5, 5.41) is 14.3. The third-order valence-corrected chi connectivity index (χ3v) is 6.28. The zero-order valence-electron chi connectivity index (χ0n) is 19.6. The average molecular weight is 468 g/mol. The van der Waals surface area contributed by atoms with Crippen molar-refractivity contribution < 1.29 is 9.18 Å². The summed E-state index contributed by atoms with van der Waals surface area (Å²) in [6, 6.07) is 20.5. The zero-order valence-corrected chi connectivity index (χ0v) is 19.6. The van der Waals surface area contributed by atoms with Crippen LogP contribution in [0.2, 0.25) is 0 Å². The van der Waals surface area contributed by atoms with Gasteiger partial charge in [0, 0.05) is 16.6 Å². The van der Waals surface area contributed by atoms with Crippen molar-refractivity contribution in [1.82, 2.24) is 15.5 Å². The second kappa shape index (κ2) is 9.54. The standard InChI is InChI=1S/C28H26FN5O/c1-17-8-10-20(15-23(17)29)27-31-18(2)26(25(33-27)12-9-19-6-4-3-5-7-19)28(35)32-22-11-13-24-21(14-22)16-30-34-24/h3-8,10-11,13-16,25H,9,12H2,1-2H3,(H,30,34)(H,31,33)(H,32,35). The summed E-state index contributed by atoms with van der Waals surface area (Å²) in [5.41, 5.74) is 5.18. The molecule has 4 aromatic rings. The van der Waals surface area contributed by atoms with Crippen LogP contribution in [-0.4, -0.2) is 28.0 Å². The molecule has 1 unspecified atom stereocenters. The molecule has 1 atom stereocenters. The molecule has 0 spiro atoms. The quantitative estimate of drug-likeness (QED) is 0.361. The maximum absolute atomic E-state index is 14.3. The zero-order chi connectivity index (χ0) is 24.4. The molecule has 3 N–H and O–H groups in total. The molecule has 0 bridgehead atoms. The van der Waals surface area contributed by atoms with Gasteiger partial charge in [0.25, 0.3) is 5.91 Å². The normalized spacial score (nSPS) is 15.6. The van der Waals surface area contributed by atoms with Gasteiger partial charge in [-0.25, -0.2) is 9.38 Å². The van der Waals surface area contributed by atoms with Crippen LogP contribution in [0.5, 0.6) is 0 Å². The maximum atomic E-state index is 14.3. The first-order valence-electron chi connectivity index (χ1n) is 11.6. The lowest BCUT2D eigenvalue weighted by Crippen LogP contribution is -2.43. The number of nitrogens with one attached hydrogen (secondary N) is 3. The van der Waals surface area contributed by atoms with Gasteiger partial charge in [-0.2, -0.15) is 5.10 Å². The number of hydrogen-bond donors (Lipinski definition) is 3. The second-order valence-corrected chi connectivity index (χ2v) is 8.77. The molecule has 3 aromatic carbocycles. The number of amides is 1. The van der Waals surface area contributed by atoms with E-state index < -0.39 is 0 Å². The van der Waals surface area contributed by atoms with Crippen LogP contribution in [0.1, 0.15) is 30.0 Å². The molecule has 176 valence electrons. The molecular formula is C28H26FN5O. The van der Waals surface area contributed by atoms with Crippen molar-refractivity contribution in [2.75, 3.05) is 5.32 Å². The summed E-state index contributed by atoms with van der Waals surface area (Å²) in [6.45, 7) is 3.56. The van der Waals surface area contributed by atoms with Crippen LogP contribution in [0.15, 0.2) is 89.2 Å². The number of carbonyl (C=O) groups excluding carboxylic acids is 1. The summed E-state index contributed by atoms with van der Waals surface area (Å²) in [4.78, 5) is 18.1. The van der Waals surface area contributed by atoms with Gasteiger partial charge in [0.1, 0.15) is 11.7 Å².